The van der Waals surface area contributed by atoms with E-state index in [4.69, 9.17) is 9.47 Å². The summed E-state index contributed by atoms with van der Waals surface area (Å²) >= 11 is 0. The fraction of sp³-hybridized carbons (Fsp3) is 0.333. The van der Waals surface area contributed by atoms with Crippen LogP contribution in [0.2, 0.25) is 0 Å². The molecule has 3 atom stereocenters. The highest BCUT2D eigenvalue weighted by Gasteiger charge is 2.30. The first-order valence-electron chi connectivity index (χ1n) is 14.6. The summed E-state index contributed by atoms with van der Waals surface area (Å²) in [6.07, 6.45) is 0.101. The van der Waals surface area contributed by atoms with Gasteiger partial charge in [-0.25, -0.2) is 4.39 Å². The average Bonchev–Trinajstić information content (AvgIpc) is 3.06. The maximum absolute atomic E-state index is 13.4. The van der Waals surface area contributed by atoms with Gasteiger partial charge in [0.15, 0.2) is 0 Å². The summed E-state index contributed by atoms with van der Waals surface area (Å²) in [7, 11) is 1.57. The largest absolute Gasteiger partial charge is 0.492 e. The van der Waals surface area contributed by atoms with Gasteiger partial charge in [0.2, 0.25) is 17.7 Å². The van der Waals surface area contributed by atoms with Crippen LogP contribution in [0.5, 0.6) is 11.5 Å². The lowest BCUT2D eigenvalue weighted by Crippen LogP contribution is -2.54. The van der Waals surface area contributed by atoms with Crippen LogP contribution in [0.25, 0.3) is 0 Å². The lowest BCUT2D eigenvalue weighted by atomic mass is 10.0. The Balaban J connectivity index is 1.53. The number of nitrogens with zero attached hydrogens (tertiary/aromatic N) is 1. The summed E-state index contributed by atoms with van der Waals surface area (Å²) in [5.74, 6) is -1.95. The van der Waals surface area contributed by atoms with E-state index in [0.29, 0.717) is 12.2 Å². The Labute approximate surface area is 260 Å². The summed E-state index contributed by atoms with van der Waals surface area (Å²) < 4.78 is 24.7. The van der Waals surface area contributed by atoms with Gasteiger partial charge in [0, 0.05) is 13.5 Å². The Bertz CT molecular complexity index is 1450. The highest BCUT2D eigenvalue weighted by atomic mass is 19.1. The number of ether oxygens (including phenoxy) is 2. The molecule has 11 nitrogen and oxygen atoms in total. The second-order valence-electron chi connectivity index (χ2n) is 10.6. The Morgan fingerprint density at radius 3 is 2.47 bits per heavy atom. The first-order valence-corrected chi connectivity index (χ1v) is 14.6. The van der Waals surface area contributed by atoms with E-state index in [9.17, 15) is 28.7 Å². The fourth-order valence-electron chi connectivity index (χ4n) is 4.81. The molecule has 0 aliphatic carbocycles. The Morgan fingerprint density at radius 1 is 1.02 bits per heavy atom. The molecular weight excluding hydrogens is 583 g/mol. The van der Waals surface area contributed by atoms with Gasteiger partial charge >= 0.3 is 0 Å². The van der Waals surface area contributed by atoms with E-state index in [1.807, 2.05) is 30.3 Å². The maximum Gasteiger partial charge on any atom is 0.255 e. The summed E-state index contributed by atoms with van der Waals surface area (Å²) in [6, 6.07) is 18.6. The Hall–Kier alpha value is -4.97. The number of para-hydroxylation sites is 1. The van der Waals surface area contributed by atoms with Gasteiger partial charge in [-0.3, -0.25) is 19.2 Å². The molecule has 3 aromatic rings. The molecule has 0 unspecified atom stereocenters. The zero-order chi connectivity index (χ0) is 32.2. The highest BCUT2D eigenvalue weighted by Crippen LogP contribution is 2.21. The normalized spacial score (nSPS) is 19.6. The quantitative estimate of drug-likeness (QED) is 0.281. The van der Waals surface area contributed by atoms with Gasteiger partial charge < -0.3 is 35.4 Å². The van der Waals surface area contributed by atoms with Crippen molar-refractivity contribution in [3.8, 4) is 11.5 Å². The number of likely N-dealkylation sites (N-methyl/N-ethyl adjacent to an activating group) is 1. The number of carbonyl (C=O) groups is 4. The number of nitrogens with one attached hydrogen (secondary N) is 3. The zero-order valence-electron chi connectivity index (χ0n) is 24.9. The lowest BCUT2D eigenvalue weighted by molar-refractivity contribution is -0.138. The molecule has 4 N–H and O–H groups in total. The number of halogens is 1. The van der Waals surface area contributed by atoms with E-state index < -0.39 is 54.2 Å². The van der Waals surface area contributed by atoms with Crippen LogP contribution >= 0.6 is 0 Å². The molecule has 0 aromatic heterocycles. The minimum Gasteiger partial charge on any atom is -0.492 e. The van der Waals surface area contributed by atoms with Crippen molar-refractivity contribution in [2.45, 2.75) is 37.4 Å². The molecule has 0 radical (unpaired) electrons. The van der Waals surface area contributed by atoms with E-state index in [1.165, 1.54) is 29.2 Å². The topological polar surface area (TPSA) is 146 Å². The first kappa shape index (κ1) is 32.9. The smallest absolute Gasteiger partial charge is 0.255 e. The molecule has 12 heteroatoms. The van der Waals surface area contributed by atoms with Crippen LogP contribution in [-0.4, -0.2) is 85.2 Å². The molecule has 1 aliphatic heterocycles. The zero-order valence-corrected chi connectivity index (χ0v) is 24.9. The molecular formula is C33H37FN4O7. The molecule has 1 aliphatic rings. The summed E-state index contributed by atoms with van der Waals surface area (Å²) in [6.45, 7) is -0.477. The van der Waals surface area contributed by atoms with Crippen LogP contribution < -0.4 is 25.4 Å². The molecule has 238 valence electrons. The van der Waals surface area contributed by atoms with Crippen LogP contribution in [0.1, 0.15) is 28.8 Å². The van der Waals surface area contributed by atoms with Gasteiger partial charge in [-0.15, -0.1) is 0 Å². The number of rotatable bonds is 8. The summed E-state index contributed by atoms with van der Waals surface area (Å²) in [5.41, 5.74) is 1.12. The third-order valence-corrected chi connectivity index (χ3v) is 7.35. The maximum atomic E-state index is 13.4. The summed E-state index contributed by atoms with van der Waals surface area (Å²) in [4.78, 5) is 54.4. The van der Waals surface area contributed by atoms with Crippen molar-refractivity contribution in [3.63, 3.8) is 0 Å². The second-order valence-corrected chi connectivity index (χ2v) is 10.6. The minimum absolute atomic E-state index is 0.00545. The second kappa shape index (κ2) is 16.2. The van der Waals surface area contributed by atoms with E-state index in [0.717, 1.165) is 5.56 Å². The predicted octanol–water partition coefficient (Wildman–Crippen LogP) is 1.84. The Morgan fingerprint density at radius 2 is 1.73 bits per heavy atom. The third-order valence-electron chi connectivity index (χ3n) is 7.35. The Kier molecular flexibility index (Phi) is 11.9. The van der Waals surface area contributed by atoms with Gasteiger partial charge in [-0.1, -0.05) is 42.5 Å². The molecule has 3 aromatic carbocycles. The SMILES string of the molecule is CN1C(=O)[C@H](CO)NC(=O)CC[C@@H](C(=O)NCCOc2ccc(F)cc2)NC(=O)c2ccccc2OC[C@H]1Cc1ccccc1. The van der Waals surface area contributed by atoms with Crippen LogP contribution in [0.4, 0.5) is 4.39 Å². The van der Waals surface area contributed by atoms with Crippen molar-refractivity contribution in [1.29, 1.82) is 0 Å². The number of aliphatic hydroxyl groups excluding tert-OH is 1. The average molecular weight is 621 g/mol. The number of benzene rings is 3. The van der Waals surface area contributed by atoms with Crippen LogP contribution in [0.3, 0.4) is 0 Å². The van der Waals surface area contributed by atoms with Crippen molar-refractivity contribution in [2.24, 2.45) is 0 Å². The first-order chi connectivity index (χ1) is 21.7. The van der Waals surface area contributed by atoms with Crippen LogP contribution in [-0.2, 0) is 20.8 Å². The molecule has 0 saturated carbocycles. The van der Waals surface area contributed by atoms with Gasteiger partial charge in [0.05, 0.1) is 24.8 Å². The molecule has 4 rings (SSSR count). The molecule has 4 amide bonds. The molecule has 45 heavy (non-hydrogen) atoms. The van der Waals surface area contributed by atoms with Crippen molar-refractivity contribution in [3.05, 3.63) is 95.8 Å². The number of aliphatic hydroxyl groups is 1. The number of hydrogen-bond donors (Lipinski definition) is 4. The van der Waals surface area contributed by atoms with Gasteiger partial charge in [0.1, 0.15) is 42.6 Å². The predicted molar refractivity (Wildman–Crippen MR) is 163 cm³/mol. The minimum atomic E-state index is -1.22. The van der Waals surface area contributed by atoms with E-state index >= 15 is 0 Å². The van der Waals surface area contributed by atoms with Crippen LogP contribution in [0.15, 0.2) is 78.9 Å². The number of amides is 4. The van der Waals surface area contributed by atoms with Gasteiger partial charge in [-0.05, 0) is 54.8 Å². The van der Waals surface area contributed by atoms with Crippen molar-refractivity contribution < 1.29 is 38.1 Å². The van der Waals surface area contributed by atoms with E-state index in [2.05, 4.69) is 16.0 Å². The van der Waals surface area contributed by atoms with E-state index in [-0.39, 0.29) is 43.9 Å². The van der Waals surface area contributed by atoms with Crippen molar-refractivity contribution in [1.82, 2.24) is 20.9 Å². The molecule has 0 bridgehead atoms. The number of carbonyl (C=O) groups excluding carboxylic acids is 4. The lowest BCUT2D eigenvalue weighted by Gasteiger charge is -2.31. The van der Waals surface area contributed by atoms with Crippen LogP contribution in [0, 0.1) is 5.82 Å². The molecule has 0 saturated heterocycles. The number of fused-ring (bicyclic) bond motifs is 1. The monoisotopic (exact) mass is 620 g/mol. The molecule has 1 heterocycles. The molecule has 0 spiro atoms. The molecule has 0 fully saturated rings. The van der Waals surface area contributed by atoms with Crippen molar-refractivity contribution >= 4 is 23.6 Å². The highest BCUT2D eigenvalue weighted by molar-refractivity contribution is 5.99. The van der Waals surface area contributed by atoms with E-state index in [1.54, 1.807) is 31.3 Å². The standard InChI is InChI=1S/C33H37FN4O7/c1-38-24(19-22-7-3-2-4-8-22)21-45-29-10-6-5-9-26(29)31(41)37-27(15-16-30(40)36-28(20-39)33(38)43)32(42)35-17-18-44-25-13-11-23(34)12-14-25/h2-14,24,27-28,39H,15-21H2,1H3,(H,35,42)(H,36,40)(H,37,41)/t24-,27+,28+/m1/s1. The third kappa shape index (κ3) is 9.51. The van der Waals surface area contributed by atoms with Gasteiger partial charge in [-0.2, -0.15) is 0 Å². The summed E-state index contributed by atoms with van der Waals surface area (Å²) in [5, 5.41) is 17.9. The fourth-order valence-corrected chi connectivity index (χ4v) is 4.81. The van der Waals surface area contributed by atoms with Gasteiger partial charge in [0.25, 0.3) is 5.91 Å². The van der Waals surface area contributed by atoms with Crippen molar-refractivity contribution in [2.75, 3.05) is 33.4 Å². The number of hydrogen-bond acceptors (Lipinski definition) is 7.